The van der Waals surface area contributed by atoms with Crippen molar-refractivity contribution in [3.05, 3.63) is 94.5 Å². The number of hydrogen-bond donors (Lipinski definition) is 1. The number of aromatic carboxylic acids is 1. The Morgan fingerprint density at radius 3 is 2.53 bits per heavy atom. The molecule has 1 N–H and O–H groups in total. The Kier molecular flexibility index (Phi) is 5.47. The molecule has 0 unspecified atom stereocenters. The number of thiophene rings is 1. The molecule has 5 aromatic rings. The highest BCUT2D eigenvalue weighted by molar-refractivity contribution is 7.21. The Bertz CT molecular complexity index is 1590. The van der Waals surface area contributed by atoms with Crippen molar-refractivity contribution < 1.29 is 24.2 Å². The van der Waals surface area contributed by atoms with Gasteiger partial charge in [0.05, 0.1) is 18.2 Å². The van der Waals surface area contributed by atoms with Crippen LogP contribution in [0.1, 0.15) is 31.2 Å². The maximum Gasteiger partial charge on any atom is 0.337 e. The summed E-state index contributed by atoms with van der Waals surface area (Å²) in [6.45, 7) is 1.91. The maximum atomic E-state index is 13.5. The molecule has 0 radical (unpaired) electrons. The number of aromatic nitrogens is 1. The summed E-state index contributed by atoms with van der Waals surface area (Å²) in [5, 5.41) is 10.7. The third kappa shape index (κ3) is 3.86. The molecule has 6 nitrogen and oxygen atoms in total. The van der Waals surface area contributed by atoms with Crippen LogP contribution < -0.4 is 9.47 Å². The molecular formula is C27H19NO5S. The summed E-state index contributed by atoms with van der Waals surface area (Å²) in [4.78, 5) is 29.5. The highest BCUT2D eigenvalue weighted by atomic mass is 32.1. The first kappa shape index (κ1) is 21.6. The van der Waals surface area contributed by atoms with Gasteiger partial charge in [-0.25, -0.2) is 4.79 Å². The largest absolute Gasteiger partial charge is 0.497 e. The Morgan fingerprint density at radius 2 is 1.76 bits per heavy atom. The van der Waals surface area contributed by atoms with Crippen molar-refractivity contribution in [2.24, 2.45) is 0 Å². The van der Waals surface area contributed by atoms with E-state index in [1.807, 2.05) is 49.4 Å². The number of fused-ring (bicyclic) bond motifs is 2. The van der Waals surface area contributed by atoms with Crippen molar-refractivity contribution in [3.8, 4) is 17.2 Å². The fourth-order valence-corrected chi connectivity index (χ4v) is 4.89. The number of ketones is 1. The summed E-state index contributed by atoms with van der Waals surface area (Å²) in [5.41, 5.74) is 2.21. The van der Waals surface area contributed by atoms with E-state index in [1.165, 1.54) is 17.5 Å². The average molecular weight is 470 g/mol. The number of carboxylic acids is 1. The van der Waals surface area contributed by atoms with Crippen LogP contribution in [-0.2, 0) is 0 Å². The zero-order valence-electron chi connectivity index (χ0n) is 18.4. The quantitative estimate of drug-likeness (QED) is 0.286. The molecule has 0 atom stereocenters. The maximum absolute atomic E-state index is 13.5. The van der Waals surface area contributed by atoms with Gasteiger partial charge in [0.1, 0.15) is 16.4 Å². The highest BCUT2D eigenvalue weighted by Crippen LogP contribution is 2.43. The van der Waals surface area contributed by atoms with Crippen LogP contribution in [0.5, 0.6) is 17.2 Å². The van der Waals surface area contributed by atoms with Crippen LogP contribution in [0.15, 0.2) is 72.9 Å². The summed E-state index contributed by atoms with van der Waals surface area (Å²) in [6, 6.07) is 19.9. The number of benzene rings is 3. The van der Waals surface area contributed by atoms with Gasteiger partial charge in [-0.2, -0.15) is 0 Å². The molecule has 0 aliphatic rings. The monoisotopic (exact) mass is 469 g/mol. The lowest BCUT2D eigenvalue weighted by Gasteiger charge is -2.10. The molecule has 0 fully saturated rings. The van der Waals surface area contributed by atoms with Crippen molar-refractivity contribution in [2.75, 3.05) is 7.11 Å². The molecule has 0 aliphatic heterocycles. The van der Waals surface area contributed by atoms with E-state index in [4.69, 9.17) is 9.47 Å². The number of carbonyl (C=O) groups excluding carboxylic acids is 1. The van der Waals surface area contributed by atoms with Crippen LogP contribution in [0.25, 0.3) is 21.0 Å². The van der Waals surface area contributed by atoms with Crippen molar-refractivity contribution >= 4 is 44.1 Å². The van der Waals surface area contributed by atoms with Crippen molar-refractivity contribution in [3.63, 3.8) is 0 Å². The zero-order valence-corrected chi connectivity index (χ0v) is 19.2. The fourth-order valence-electron chi connectivity index (χ4n) is 3.78. The minimum absolute atomic E-state index is 0.113. The number of rotatable bonds is 6. The van der Waals surface area contributed by atoms with Crippen LogP contribution >= 0.6 is 11.3 Å². The molecule has 0 spiro atoms. The number of nitrogens with zero attached hydrogens (tertiary/aromatic N) is 1. The van der Waals surface area contributed by atoms with Gasteiger partial charge >= 0.3 is 5.97 Å². The van der Waals surface area contributed by atoms with Crippen LogP contribution in [0.3, 0.4) is 0 Å². The lowest BCUT2D eigenvalue weighted by atomic mass is 10.0. The van der Waals surface area contributed by atoms with Gasteiger partial charge in [0.15, 0.2) is 5.75 Å². The van der Waals surface area contributed by atoms with Gasteiger partial charge in [-0.1, -0.05) is 24.3 Å². The number of aryl methyl sites for hydroxylation is 1. The second-order valence-electron chi connectivity index (χ2n) is 7.75. The fraction of sp³-hybridized carbons (Fsp3) is 0.0741. The minimum atomic E-state index is -1.03. The Balaban J connectivity index is 1.62. The van der Waals surface area contributed by atoms with E-state index in [0.29, 0.717) is 38.6 Å². The number of carbonyl (C=O) groups is 2. The normalized spacial score (nSPS) is 11.0. The van der Waals surface area contributed by atoms with Crippen LogP contribution in [0.2, 0.25) is 0 Å². The van der Waals surface area contributed by atoms with Gasteiger partial charge in [-0.05, 0) is 48.9 Å². The van der Waals surface area contributed by atoms with Crippen LogP contribution in [0.4, 0.5) is 0 Å². The molecule has 2 heterocycles. The summed E-state index contributed by atoms with van der Waals surface area (Å²) in [5.74, 6) is 0.515. The third-order valence-electron chi connectivity index (χ3n) is 5.57. The van der Waals surface area contributed by atoms with Crippen molar-refractivity contribution in [2.45, 2.75) is 6.92 Å². The second-order valence-corrected chi connectivity index (χ2v) is 8.80. The first-order valence-corrected chi connectivity index (χ1v) is 11.3. The molecule has 0 amide bonds. The summed E-state index contributed by atoms with van der Waals surface area (Å²) in [7, 11) is 1.60. The number of methoxy groups -OCH3 is 1. The van der Waals surface area contributed by atoms with E-state index in [1.54, 1.807) is 31.4 Å². The standard InChI is InChI=1S/C27H19NO5S/c1-15-5-3-4-6-20(15)24(29)26-25(21-10-9-18(32-2)13-23(21)34-26)33-19-8-7-16-11-17(27(30)31)14-28-22(16)12-19/h3-14H,1-2H3,(H,30,31). The van der Waals surface area contributed by atoms with Gasteiger partial charge in [0, 0.05) is 33.3 Å². The summed E-state index contributed by atoms with van der Waals surface area (Å²) >= 11 is 1.36. The summed E-state index contributed by atoms with van der Waals surface area (Å²) < 4.78 is 12.5. The zero-order chi connectivity index (χ0) is 23.8. The van der Waals surface area contributed by atoms with Gasteiger partial charge in [-0.15, -0.1) is 11.3 Å². The van der Waals surface area contributed by atoms with Crippen molar-refractivity contribution in [1.29, 1.82) is 0 Å². The lowest BCUT2D eigenvalue weighted by molar-refractivity contribution is 0.0696. The molecule has 3 aromatic carbocycles. The predicted octanol–water partition coefficient (Wildman–Crippen LogP) is 6.49. The average Bonchev–Trinajstić information content (AvgIpc) is 3.20. The number of pyridine rings is 1. The topological polar surface area (TPSA) is 85.7 Å². The first-order valence-electron chi connectivity index (χ1n) is 10.5. The van der Waals surface area contributed by atoms with Gasteiger partial charge in [-0.3, -0.25) is 9.78 Å². The van der Waals surface area contributed by atoms with Gasteiger partial charge in [0.2, 0.25) is 5.78 Å². The minimum Gasteiger partial charge on any atom is -0.497 e. The molecular weight excluding hydrogens is 450 g/mol. The highest BCUT2D eigenvalue weighted by Gasteiger charge is 2.23. The number of ether oxygens (including phenoxy) is 2. The molecule has 0 bridgehead atoms. The van der Waals surface area contributed by atoms with E-state index in [9.17, 15) is 14.7 Å². The Labute approximate surface area is 199 Å². The van der Waals surface area contributed by atoms with E-state index >= 15 is 0 Å². The number of carboxylic acid groups (broad SMARTS) is 1. The second kappa shape index (κ2) is 8.61. The molecule has 0 aliphatic carbocycles. The first-order chi connectivity index (χ1) is 16.4. The van der Waals surface area contributed by atoms with Crippen LogP contribution in [-0.4, -0.2) is 29.0 Å². The van der Waals surface area contributed by atoms with E-state index in [0.717, 1.165) is 15.6 Å². The summed E-state index contributed by atoms with van der Waals surface area (Å²) in [6.07, 6.45) is 1.31. The van der Waals surface area contributed by atoms with Crippen LogP contribution in [0, 0.1) is 6.92 Å². The van der Waals surface area contributed by atoms with E-state index in [2.05, 4.69) is 4.98 Å². The molecule has 0 saturated heterocycles. The smallest absolute Gasteiger partial charge is 0.337 e. The van der Waals surface area contributed by atoms with E-state index < -0.39 is 5.97 Å². The van der Waals surface area contributed by atoms with Crippen molar-refractivity contribution in [1.82, 2.24) is 4.98 Å². The third-order valence-corrected chi connectivity index (χ3v) is 6.70. The lowest BCUT2D eigenvalue weighted by Crippen LogP contribution is -2.03. The van der Waals surface area contributed by atoms with Gasteiger partial charge in [0.25, 0.3) is 0 Å². The molecule has 2 aromatic heterocycles. The molecule has 7 heteroatoms. The molecule has 5 rings (SSSR count). The van der Waals surface area contributed by atoms with Gasteiger partial charge < -0.3 is 14.6 Å². The molecule has 34 heavy (non-hydrogen) atoms. The Hall–Kier alpha value is -4.23. The molecule has 0 saturated carbocycles. The number of hydrogen-bond acceptors (Lipinski definition) is 6. The SMILES string of the molecule is COc1ccc2c(Oc3ccc4cc(C(=O)O)cnc4c3)c(C(=O)c3ccccc3C)sc2c1. The Morgan fingerprint density at radius 1 is 0.971 bits per heavy atom. The van der Waals surface area contributed by atoms with E-state index in [-0.39, 0.29) is 11.3 Å². The molecule has 168 valence electrons. The predicted molar refractivity (Wildman–Crippen MR) is 132 cm³/mol.